The fraction of sp³-hybridized carbons (Fsp3) is 0.0769. The molecule has 2 N–H and O–H groups in total. The predicted molar refractivity (Wildman–Crippen MR) is 76.6 cm³/mol. The van der Waals surface area contributed by atoms with Crippen molar-refractivity contribution >= 4 is 39.1 Å². The Labute approximate surface area is 119 Å². The van der Waals surface area contributed by atoms with Crippen molar-refractivity contribution in [3.8, 4) is 0 Å². The van der Waals surface area contributed by atoms with Crippen LogP contribution < -0.4 is 5.73 Å². The summed E-state index contributed by atoms with van der Waals surface area (Å²) in [6, 6.07) is 12.9. The molecule has 2 rings (SSSR count). The number of hydrogen-bond acceptors (Lipinski definition) is 1. The fourth-order valence-electron chi connectivity index (χ4n) is 1.60. The highest BCUT2D eigenvalue weighted by molar-refractivity contribution is 9.10. The van der Waals surface area contributed by atoms with Gasteiger partial charge in [-0.25, -0.2) is 0 Å². The molecule has 2 aromatic rings. The van der Waals surface area contributed by atoms with Crippen molar-refractivity contribution in [2.24, 2.45) is 5.73 Å². The van der Waals surface area contributed by atoms with E-state index in [0.29, 0.717) is 10.0 Å². The first-order valence-electron chi connectivity index (χ1n) is 5.04. The third kappa shape index (κ3) is 3.02. The molecule has 0 bridgehead atoms. The minimum absolute atomic E-state index is 0.253. The van der Waals surface area contributed by atoms with Crippen molar-refractivity contribution in [2.45, 2.75) is 6.04 Å². The normalized spacial score (nSPS) is 12.5. The molecule has 0 saturated carbocycles. The van der Waals surface area contributed by atoms with Gasteiger partial charge in [-0.15, -0.1) is 0 Å². The van der Waals surface area contributed by atoms with Crippen LogP contribution in [0.2, 0.25) is 10.0 Å². The van der Waals surface area contributed by atoms with Crippen LogP contribution in [0.25, 0.3) is 0 Å². The lowest BCUT2D eigenvalue weighted by Gasteiger charge is -2.14. The van der Waals surface area contributed by atoms with Gasteiger partial charge in [-0.3, -0.25) is 0 Å². The minimum atomic E-state index is -0.253. The Bertz CT molecular complexity index is 525. The van der Waals surface area contributed by atoms with Gasteiger partial charge in [0, 0.05) is 14.5 Å². The van der Waals surface area contributed by atoms with Crippen LogP contribution in [0.4, 0.5) is 0 Å². The zero-order valence-electron chi connectivity index (χ0n) is 8.83. The summed E-state index contributed by atoms with van der Waals surface area (Å²) in [7, 11) is 0. The van der Waals surface area contributed by atoms with Crippen LogP contribution in [0.15, 0.2) is 46.9 Å². The number of nitrogens with two attached hydrogens (primary N) is 1. The van der Waals surface area contributed by atoms with Crippen molar-refractivity contribution in [1.29, 1.82) is 0 Å². The molecule has 0 heterocycles. The monoisotopic (exact) mass is 329 g/mol. The van der Waals surface area contributed by atoms with E-state index in [9.17, 15) is 0 Å². The second-order valence-electron chi connectivity index (χ2n) is 3.70. The Morgan fingerprint density at radius 2 is 1.65 bits per heavy atom. The van der Waals surface area contributed by atoms with Gasteiger partial charge in [0.2, 0.25) is 0 Å². The van der Waals surface area contributed by atoms with E-state index in [-0.39, 0.29) is 6.04 Å². The summed E-state index contributed by atoms with van der Waals surface area (Å²) >= 11 is 15.4. The molecule has 88 valence electrons. The average Bonchev–Trinajstić information content (AvgIpc) is 2.32. The highest BCUT2D eigenvalue weighted by Crippen LogP contribution is 2.29. The first-order valence-corrected chi connectivity index (χ1v) is 6.59. The number of rotatable bonds is 2. The molecular formula is C13H10BrCl2N. The minimum Gasteiger partial charge on any atom is -0.320 e. The van der Waals surface area contributed by atoms with Gasteiger partial charge in [0.1, 0.15) is 0 Å². The lowest BCUT2D eigenvalue weighted by atomic mass is 10.00. The highest BCUT2D eigenvalue weighted by Gasteiger charge is 2.12. The molecule has 0 aliphatic heterocycles. The molecule has 0 aromatic heterocycles. The molecule has 0 fully saturated rings. The van der Waals surface area contributed by atoms with Crippen molar-refractivity contribution in [2.75, 3.05) is 0 Å². The standard InChI is InChI=1S/C13H10BrCl2N/c14-9-3-6-12(16)11(7-9)13(17)8-1-4-10(15)5-2-8/h1-7,13H,17H2. The molecule has 0 amide bonds. The highest BCUT2D eigenvalue weighted by atomic mass is 79.9. The number of benzene rings is 2. The van der Waals surface area contributed by atoms with E-state index >= 15 is 0 Å². The SMILES string of the molecule is NC(c1ccc(Cl)cc1)c1cc(Br)ccc1Cl. The van der Waals surface area contributed by atoms with Gasteiger partial charge in [0.15, 0.2) is 0 Å². The van der Waals surface area contributed by atoms with E-state index < -0.39 is 0 Å². The fourth-order valence-corrected chi connectivity index (χ4v) is 2.34. The van der Waals surface area contributed by atoms with Crippen LogP contribution >= 0.6 is 39.1 Å². The van der Waals surface area contributed by atoms with Gasteiger partial charge in [-0.2, -0.15) is 0 Å². The second kappa shape index (κ2) is 5.40. The van der Waals surface area contributed by atoms with E-state index in [1.165, 1.54) is 0 Å². The van der Waals surface area contributed by atoms with E-state index in [1.54, 1.807) is 0 Å². The third-order valence-corrected chi connectivity index (χ3v) is 3.61. The van der Waals surface area contributed by atoms with E-state index in [2.05, 4.69) is 15.9 Å². The lowest BCUT2D eigenvalue weighted by molar-refractivity contribution is 0.871. The molecule has 0 spiro atoms. The molecule has 4 heteroatoms. The zero-order chi connectivity index (χ0) is 12.4. The summed E-state index contributed by atoms with van der Waals surface area (Å²) in [4.78, 5) is 0. The summed E-state index contributed by atoms with van der Waals surface area (Å²) in [6.45, 7) is 0. The summed E-state index contributed by atoms with van der Waals surface area (Å²) < 4.78 is 0.960. The van der Waals surface area contributed by atoms with Crippen molar-refractivity contribution in [3.05, 3.63) is 68.1 Å². The molecule has 0 aliphatic rings. The summed E-state index contributed by atoms with van der Waals surface area (Å²) in [6.07, 6.45) is 0. The summed E-state index contributed by atoms with van der Waals surface area (Å²) in [5, 5.41) is 1.36. The second-order valence-corrected chi connectivity index (χ2v) is 5.45. The van der Waals surface area contributed by atoms with Gasteiger partial charge in [-0.1, -0.05) is 51.3 Å². The Morgan fingerprint density at radius 3 is 2.29 bits per heavy atom. The maximum atomic E-state index is 6.19. The number of hydrogen-bond donors (Lipinski definition) is 1. The maximum Gasteiger partial charge on any atom is 0.0566 e. The van der Waals surface area contributed by atoms with Gasteiger partial charge in [0.25, 0.3) is 0 Å². The van der Waals surface area contributed by atoms with Gasteiger partial charge in [-0.05, 0) is 41.5 Å². The molecule has 1 unspecified atom stereocenters. The van der Waals surface area contributed by atoms with Crippen LogP contribution in [0, 0.1) is 0 Å². The largest absolute Gasteiger partial charge is 0.320 e. The van der Waals surface area contributed by atoms with E-state index in [1.807, 2.05) is 42.5 Å². The molecule has 1 nitrogen and oxygen atoms in total. The zero-order valence-corrected chi connectivity index (χ0v) is 11.9. The quantitative estimate of drug-likeness (QED) is 0.840. The van der Waals surface area contributed by atoms with Gasteiger partial charge >= 0.3 is 0 Å². The van der Waals surface area contributed by atoms with Crippen molar-refractivity contribution in [1.82, 2.24) is 0 Å². The van der Waals surface area contributed by atoms with Crippen molar-refractivity contribution < 1.29 is 0 Å². The first kappa shape index (κ1) is 12.9. The molecule has 2 aromatic carbocycles. The first-order chi connectivity index (χ1) is 8.08. The molecule has 17 heavy (non-hydrogen) atoms. The molecular weight excluding hydrogens is 321 g/mol. The molecule has 1 atom stereocenters. The molecule has 0 aliphatic carbocycles. The van der Waals surface area contributed by atoms with Crippen LogP contribution in [0.5, 0.6) is 0 Å². The topological polar surface area (TPSA) is 26.0 Å². The Morgan fingerprint density at radius 1 is 1.00 bits per heavy atom. The van der Waals surface area contributed by atoms with E-state index in [0.717, 1.165) is 15.6 Å². The van der Waals surface area contributed by atoms with Gasteiger partial charge in [0.05, 0.1) is 6.04 Å². The summed E-state index contributed by atoms with van der Waals surface area (Å²) in [5.41, 5.74) is 8.06. The predicted octanol–water partition coefficient (Wildman–Crippen LogP) is 4.80. The Balaban J connectivity index is 2.39. The van der Waals surface area contributed by atoms with Crippen LogP contribution in [0.1, 0.15) is 17.2 Å². The maximum absolute atomic E-state index is 6.19. The average molecular weight is 331 g/mol. The van der Waals surface area contributed by atoms with Gasteiger partial charge < -0.3 is 5.73 Å². The van der Waals surface area contributed by atoms with Crippen LogP contribution in [-0.4, -0.2) is 0 Å². The smallest absolute Gasteiger partial charge is 0.0566 e. The van der Waals surface area contributed by atoms with Crippen LogP contribution in [-0.2, 0) is 0 Å². The Hall–Kier alpha value is -0.540. The van der Waals surface area contributed by atoms with Crippen LogP contribution in [0.3, 0.4) is 0 Å². The molecule has 0 saturated heterocycles. The van der Waals surface area contributed by atoms with E-state index in [4.69, 9.17) is 28.9 Å². The summed E-state index contributed by atoms with van der Waals surface area (Å²) in [5.74, 6) is 0. The third-order valence-electron chi connectivity index (χ3n) is 2.52. The van der Waals surface area contributed by atoms with Crippen molar-refractivity contribution in [3.63, 3.8) is 0 Å². The Kier molecular flexibility index (Phi) is 4.10. The number of halogens is 3. The lowest BCUT2D eigenvalue weighted by Crippen LogP contribution is -2.12. The molecule has 0 radical (unpaired) electrons.